The van der Waals surface area contributed by atoms with E-state index < -0.39 is 0 Å². The molecular formula is C17H25Br. The molecule has 0 bridgehead atoms. The van der Waals surface area contributed by atoms with Gasteiger partial charge in [0.15, 0.2) is 0 Å². The number of halogens is 1. The monoisotopic (exact) mass is 308 g/mol. The summed E-state index contributed by atoms with van der Waals surface area (Å²) >= 11 is 3.97. The van der Waals surface area contributed by atoms with E-state index >= 15 is 0 Å². The second kappa shape index (κ2) is 7.33. The summed E-state index contributed by atoms with van der Waals surface area (Å²) in [5.41, 5.74) is 2.95. The van der Waals surface area contributed by atoms with E-state index in [1.54, 1.807) is 0 Å². The van der Waals surface area contributed by atoms with Gasteiger partial charge < -0.3 is 0 Å². The van der Waals surface area contributed by atoms with Crippen molar-refractivity contribution in [3.8, 4) is 0 Å². The molecule has 0 nitrogen and oxygen atoms in total. The van der Waals surface area contributed by atoms with Crippen LogP contribution >= 0.6 is 15.9 Å². The van der Waals surface area contributed by atoms with Crippen molar-refractivity contribution in [3.05, 3.63) is 35.4 Å². The number of alkyl halides is 1. The van der Waals surface area contributed by atoms with Crippen molar-refractivity contribution in [2.45, 2.75) is 63.1 Å². The third-order valence-corrected chi connectivity index (χ3v) is 5.41. The molecule has 1 aliphatic carbocycles. The van der Waals surface area contributed by atoms with E-state index in [1.165, 1.54) is 62.5 Å². The topological polar surface area (TPSA) is 0 Å². The van der Waals surface area contributed by atoms with Crippen LogP contribution in [0.2, 0.25) is 0 Å². The summed E-state index contributed by atoms with van der Waals surface area (Å²) in [4.78, 5) is 0.664. The lowest BCUT2D eigenvalue weighted by Gasteiger charge is -2.25. The molecule has 0 N–H and O–H groups in total. The standard InChI is InChI=1S/C17H25Br/c1-14-9-7-8-12-16(14)13-17(18)15-10-5-3-2-4-6-11-15/h7-9,12,15,17H,2-6,10-11,13H2,1H3. The normalized spacial score (nSPS) is 20.1. The quantitative estimate of drug-likeness (QED) is 0.632. The summed E-state index contributed by atoms with van der Waals surface area (Å²) in [6.07, 6.45) is 11.2. The van der Waals surface area contributed by atoms with Crippen molar-refractivity contribution >= 4 is 15.9 Å². The molecule has 1 unspecified atom stereocenters. The lowest BCUT2D eigenvalue weighted by Crippen LogP contribution is -2.18. The molecule has 0 radical (unpaired) electrons. The zero-order chi connectivity index (χ0) is 12.8. The first-order valence-electron chi connectivity index (χ1n) is 7.46. The molecule has 1 aromatic rings. The van der Waals surface area contributed by atoms with Gasteiger partial charge >= 0.3 is 0 Å². The Morgan fingerprint density at radius 3 is 2.33 bits per heavy atom. The van der Waals surface area contributed by atoms with Gasteiger partial charge in [-0.05, 0) is 43.2 Å². The summed E-state index contributed by atoms with van der Waals surface area (Å²) in [6.45, 7) is 2.23. The second-order valence-corrected chi connectivity index (χ2v) is 6.93. The van der Waals surface area contributed by atoms with E-state index in [-0.39, 0.29) is 0 Å². The molecule has 1 atom stereocenters. The fourth-order valence-corrected chi connectivity index (χ4v) is 3.94. The minimum absolute atomic E-state index is 0.664. The lowest BCUT2D eigenvalue weighted by molar-refractivity contribution is 0.370. The first-order chi connectivity index (χ1) is 8.77. The van der Waals surface area contributed by atoms with Gasteiger partial charge in [0.25, 0.3) is 0 Å². The molecule has 0 saturated heterocycles. The highest BCUT2D eigenvalue weighted by atomic mass is 79.9. The molecule has 0 heterocycles. The van der Waals surface area contributed by atoms with Crippen LogP contribution in [0.25, 0.3) is 0 Å². The van der Waals surface area contributed by atoms with Gasteiger partial charge in [0.05, 0.1) is 0 Å². The van der Waals surface area contributed by atoms with Crippen LogP contribution in [0.5, 0.6) is 0 Å². The van der Waals surface area contributed by atoms with E-state index in [0.29, 0.717) is 4.83 Å². The Hall–Kier alpha value is -0.300. The SMILES string of the molecule is Cc1ccccc1CC(Br)C1CCCCCCC1. The Labute approximate surface area is 120 Å². The molecule has 0 aliphatic heterocycles. The van der Waals surface area contributed by atoms with Crippen molar-refractivity contribution in [2.24, 2.45) is 5.92 Å². The Kier molecular flexibility index (Phi) is 5.75. The highest BCUT2D eigenvalue weighted by Crippen LogP contribution is 2.30. The van der Waals surface area contributed by atoms with E-state index in [1.807, 2.05) is 0 Å². The fraction of sp³-hybridized carbons (Fsp3) is 0.647. The van der Waals surface area contributed by atoms with E-state index in [9.17, 15) is 0 Å². The zero-order valence-electron chi connectivity index (χ0n) is 11.5. The van der Waals surface area contributed by atoms with Crippen molar-refractivity contribution in [1.82, 2.24) is 0 Å². The lowest BCUT2D eigenvalue weighted by atomic mass is 9.86. The van der Waals surface area contributed by atoms with E-state index in [0.717, 1.165) is 5.92 Å². The molecular weight excluding hydrogens is 284 g/mol. The maximum absolute atomic E-state index is 3.97. The van der Waals surface area contributed by atoms with Gasteiger partial charge in [-0.3, -0.25) is 0 Å². The van der Waals surface area contributed by atoms with Crippen LogP contribution in [0.4, 0.5) is 0 Å². The molecule has 1 heteroatoms. The largest absolute Gasteiger partial charge is 0.0884 e. The number of benzene rings is 1. The molecule has 2 rings (SSSR count). The highest BCUT2D eigenvalue weighted by molar-refractivity contribution is 9.09. The van der Waals surface area contributed by atoms with Gasteiger partial charge in [0, 0.05) is 4.83 Å². The summed E-state index contributed by atoms with van der Waals surface area (Å²) < 4.78 is 0. The van der Waals surface area contributed by atoms with Crippen LogP contribution in [-0.2, 0) is 6.42 Å². The predicted molar refractivity (Wildman–Crippen MR) is 83.4 cm³/mol. The van der Waals surface area contributed by atoms with Crippen molar-refractivity contribution < 1.29 is 0 Å². The van der Waals surface area contributed by atoms with Gasteiger partial charge in [-0.15, -0.1) is 0 Å². The number of hydrogen-bond acceptors (Lipinski definition) is 0. The molecule has 1 fully saturated rings. The van der Waals surface area contributed by atoms with Crippen LogP contribution in [0.3, 0.4) is 0 Å². The van der Waals surface area contributed by atoms with Gasteiger partial charge in [0.2, 0.25) is 0 Å². The molecule has 0 aromatic heterocycles. The molecule has 1 aliphatic rings. The van der Waals surface area contributed by atoms with Crippen LogP contribution in [0.15, 0.2) is 24.3 Å². The van der Waals surface area contributed by atoms with Crippen LogP contribution in [-0.4, -0.2) is 4.83 Å². The first-order valence-corrected chi connectivity index (χ1v) is 8.37. The predicted octanol–water partition coefficient (Wildman–Crippen LogP) is 5.66. The zero-order valence-corrected chi connectivity index (χ0v) is 13.1. The molecule has 1 saturated carbocycles. The Bertz CT molecular complexity index is 350. The average molecular weight is 309 g/mol. The first kappa shape index (κ1) is 14.1. The molecule has 18 heavy (non-hydrogen) atoms. The summed E-state index contributed by atoms with van der Waals surface area (Å²) in [5.74, 6) is 0.880. The van der Waals surface area contributed by atoms with Gasteiger partial charge in [-0.25, -0.2) is 0 Å². The van der Waals surface area contributed by atoms with E-state index in [4.69, 9.17) is 0 Å². The molecule has 0 amide bonds. The molecule has 1 aromatic carbocycles. The summed E-state index contributed by atoms with van der Waals surface area (Å²) in [6, 6.07) is 8.82. The molecule has 0 spiro atoms. The Morgan fingerprint density at radius 1 is 1.06 bits per heavy atom. The van der Waals surface area contributed by atoms with E-state index in [2.05, 4.69) is 47.1 Å². The summed E-state index contributed by atoms with van der Waals surface area (Å²) in [7, 11) is 0. The number of rotatable bonds is 3. The van der Waals surface area contributed by atoms with Gasteiger partial charge in [0.1, 0.15) is 0 Å². The maximum atomic E-state index is 3.97. The number of aryl methyl sites for hydroxylation is 1. The van der Waals surface area contributed by atoms with Crippen molar-refractivity contribution in [2.75, 3.05) is 0 Å². The smallest absolute Gasteiger partial charge is 0.0214 e. The van der Waals surface area contributed by atoms with Gasteiger partial charge in [-0.1, -0.05) is 72.3 Å². The second-order valence-electron chi connectivity index (χ2n) is 5.75. The minimum atomic E-state index is 0.664. The Balaban J connectivity index is 1.93. The van der Waals surface area contributed by atoms with Crippen LogP contribution in [0.1, 0.15) is 56.1 Å². The van der Waals surface area contributed by atoms with Crippen molar-refractivity contribution in [1.29, 1.82) is 0 Å². The summed E-state index contributed by atoms with van der Waals surface area (Å²) in [5, 5.41) is 0. The maximum Gasteiger partial charge on any atom is 0.0214 e. The third kappa shape index (κ3) is 4.12. The van der Waals surface area contributed by atoms with Crippen LogP contribution in [0, 0.1) is 12.8 Å². The van der Waals surface area contributed by atoms with Crippen molar-refractivity contribution in [3.63, 3.8) is 0 Å². The number of hydrogen-bond donors (Lipinski definition) is 0. The third-order valence-electron chi connectivity index (χ3n) is 4.34. The highest BCUT2D eigenvalue weighted by Gasteiger charge is 2.20. The average Bonchev–Trinajstić information content (AvgIpc) is 2.31. The van der Waals surface area contributed by atoms with Crippen LogP contribution < -0.4 is 0 Å². The van der Waals surface area contributed by atoms with Gasteiger partial charge in [-0.2, -0.15) is 0 Å². The fourth-order valence-electron chi connectivity index (χ4n) is 3.07. The minimum Gasteiger partial charge on any atom is -0.0884 e. The Morgan fingerprint density at radius 2 is 1.67 bits per heavy atom. The molecule has 100 valence electrons.